The predicted molar refractivity (Wildman–Crippen MR) is 53.8 cm³/mol. The van der Waals surface area contributed by atoms with Gasteiger partial charge in [0.2, 0.25) is 5.91 Å². The number of carbonyl (C=O) groups excluding carboxylic acids is 1. The zero-order chi connectivity index (χ0) is 8.97. The summed E-state index contributed by atoms with van der Waals surface area (Å²) in [7, 11) is 0. The molecule has 0 aliphatic rings. The number of rotatable bonds is 3. The van der Waals surface area contributed by atoms with Crippen molar-refractivity contribution in [1.82, 2.24) is 4.98 Å². The number of primary amides is 1. The minimum Gasteiger partial charge on any atom is -0.374 e. The number of pyridine rings is 1. The van der Waals surface area contributed by atoms with Gasteiger partial charge in [0.25, 0.3) is 0 Å². The number of nitrogens with zero attached hydrogens (tertiary/aromatic N) is 1. The fourth-order valence-corrected chi connectivity index (χ4v) is 0.769. The van der Waals surface area contributed by atoms with Crippen molar-refractivity contribution in [2.75, 3.05) is 5.32 Å². The van der Waals surface area contributed by atoms with Crippen molar-refractivity contribution in [3.05, 3.63) is 24.5 Å². The van der Waals surface area contributed by atoms with Gasteiger partial charge < -0.3 is 11.1 Å². The summed E-state index contributed by atoms with van der Waals surface area (Å²) >= 11 is 0. The molecule has 1 rings (SSSR count). The molecule has 1 heterocycles. The van der Waals surface area contributed by atoms with E-state index in [1.54, 1.807) is 31.5 Å². The Morgan fingerprint density at radius 3 is 2.54 bits per heavy atom. The minimum atomic E-state index is -0.369. The number of hydrogen-bond donors (Lipinski definition) is 2. The Morgan fingerprint density at radius 2 is 2.08 bits per heavy atom. The quantitative estimate of drug-likeness (QED) is 0.760. The summed E-state index contributed by atoms with van der Waals surface area (Å²) in [6.45, 7) is 1.71. The third-order valence-corrected chi connectivity index (χ3v) is 1.49. The van der Waals surface area contributed by atoms with Crippen LogP contribution >= 0.6 is 12.4 Å². The van der Waals surface area contributed by atoms with E-state index < -0.39 is 0 Å². The molecule has 1 atom stereocenters. The molecule has 0 bridgehead atoms. The van der Waals surface area contributed by atoms with Crippen LogP contribution < -0.4 is 11.1 Å². The Bertz CT molecular complexity index is 265. The third-order valence-electron chi connectivity index (χ3n) is 1.49. The van der Waals surface area contributed by atoms with Gasteiger partial charge in [0, 0.05) is 18.1 Å². The van der Waals surface area contributed by atoms with Crippen molar-refractivity contribution in [3.63, 3.8) is 0 Å². The van der Waals surface area contributed by atoms with Crippen molar-refractivity contribution in [2.24, 2.45) is 5.73 Å². The summed E-state index contributed by atoms with van der Waals surface area (Å²) in [6.07, 6.45) is 3.30. The summed E-state index contributed by atoms with van der Waals surface area (Å²) in [5.41, 5.74) is 5.91. The first-order valence-electron chi connectivity index (χ1n) is 3.66. The van der Waals surface area contributed by atoms with Gasteiger partial charge in [-0.05, 0) is 19.1 Å². The van der Waals surface area contributed by atoms with Crippen LogP contribution in [0.1, 0.15) is 6.92 Å². The van der Waals surface area contributed by atoms with Gasteiger partial charge in [-0.25, -0.2) is 0 Å². The van der Waals surface area contributed by atoms with Crippen LogP contribution in [0.15, 0.2) is 24.5 Å². The second-order valence-electron chi connectivity index (χ2n) is 2.50. The van der Waals surface area contributed by atoms with Crippen molar-refractivity contribution in [2.45, 2.75) is 13.0 Å². The highest BCUT2D eigenvalue weighted by Gasteiger charge is 2.06. The zero-order valence-electron chi connectivity index (χ0n) is 7.23. The summed E-state index contributed by atoms with van der Waals surface area (Å²) in [5.74, 6) is -0.369. The number of halogens is 1. The van der Waals surface area contributed by atoms with E-state index in [1.807, 2.05) is 0 Å². The average Bonchev–Trinajstić information content (AvgIpc) is 2.06. The van der Waals surface area contributed by atoms with Crippen molar-refractivity contribution in [3.8, 4) is 0 Å². The van der Waals surface area contributed by atoms with E-state index in [9.17, 15) is 4.79 Å². The van der Waals surface area contributed by atoms with Gasteiger partial charge in [-0.2, -0.15) is 0 Å². The molecule has 1 amide bonds. The van der Waals surface area contributed by atoms with E-state index in [2.05, 4.69) is 10.3 Å². The standard InChI is InChI=1S/C8H11N3O.ClH/c1-6(8(9)12)11-7-2-4-10-5-3-7;/h2-6H,1H3,(H2,9,12)(H,10,11);1H/t6-;/m1./s1. The topological polar surface area (TPSA) is 68.0 Å². The summed E-state index contributed by atoms with van der Waals surface area (Å²) in [4.78, 5) is 14.5. The van der Waals surface area contributed by atoms with E-state index in [4.69, 9.17) is 5.73 Å². The van der Waals surface area contributed by atoms with Crippen LogP contribution in [0.4, 0.5) is 5.69 Å². The first-order chi connectivity index (χ1) is 5.70. The van der Waals surface area contributed by atoms with Crippen LogP contribution in [-0.2, 0) is 4.79 Å². The molecule has 0 saturated carbocycles. The molecule has 0 aliphatic heterocycles. The first-order valence-corrected chi connectivity index (χ1v) is 3.66. The molecule has 0 saturated heterocycles. The third kappa shape index (κ3) is 3.75. The number of amides is 1. The van der Waals surface area contributed by atoms with Crippen molar-refractivity contribution >= 4 is 24.0 Å². The number of hydrogen-bond acceptors (Lipinski definition) is 3. The number of nitrogens with one attached hydrogen (secondary N) is 1. The lowest BCUT2D eigenvalue weighted by molar-refractivity contribution is -0.118. The fourth-order valence-electron chi connectivity index (χ4n) is 0.769. The van der Waals surface area contributed by atoms with Crippen LogP contribution in [0.2, 0.25) is 0 Å². The summed E-state index contributed by atoms with van der Waals surface area (Å²) in [5, 5.41) is 2.93. The lowest BCUT2D eigenvalue weighted by atomic mass is 10.3. The maximum Gasteiger partial charge on any atom is 0.239 e. The molecule has 1 aromatic heterocycles. The Morgan fingerprint density at radius 1 is 1.54 bits per heavy atom. The van der Waals surface area contributed by atoms with Gasteiger partial charge in [0.15, 0.2) is 0 Å². The monoisotopic (exact) mass is 201 g/mol. The molecule has 3 N–H and O–H groups in total. The molecule has 0 aliphatic carbocycles. The largest absolute Gasteiger partial charge is 0.374 e. The highest BCUT2D eigenvalue weighted by Crippen LogP contribution is 2.04. The molecular formula is C8H12ClN3O. The lowest BCUT2D eigenvalue weighted by Gasteiger charge is -2.10. The Labute approximate surface area is 83.0 Å². The molecule has 0 spiro atoms. The molecule has 0 fully saturated rings. The number of anilines is 1. The molecular weight excluding hydrogens is 190 g/mol. The molecule has 0 aromatic carbocycles. The summed E-state index contributed by atoms with van der Waals surface area (Å²) in [6, 6.07) is 3.20. The van der Waals surface area contributed by atoms with Gasteiger partial charge in [0.05, 0.1) is 0 Å². The van der Waals surface area contributed by atoms with E-state index in [-0.39, 0.29) is 24.4 Å². The van der Waals surface area contributed by atoms with Crippen LogP contribution in [0.5, 0.6) is 0 Å². The van der Waals surface area contributed by atoms with E-state index in [1.165, 1.54) is 0 Å². The molecule has 0 unspecified atom stereocenters. The Balaban J connectivity index is 0.00000144. The molecule has 5 heteroatoms. The SMILES string of the molecule is C[C@@H](Nc1ccncc1)C(N)=O.Cl. The number of nitrogens with two attached hydrogens (primary N) is 1. The van der Waals surface area contributed by atoms with E-state index >= 15 is 0 Å². The molecule has 4 nitrogen and oxygen atoms in total. The summed E-state index contributed by atoms with van der Waals surface area (Å²) < 4.78 is 0. The van der Waals surface area contributed by atoms with Crippen LogP contribution in [0.25, 0.3) is 0 Å². The smallest absolute Gasteiger partial charge is 0.239 e. The van der Waals surface area contributed by atoms with Gasteiger partial charge in [-0.3, -0.25) is 9.78 Å². The highest BCUT2D eigenvalue weighted by atomic mass is 35.5. The van der Waals surface area contributed by atoms with Gasteiger partial charge in [0.1, 0.15) is 6.04 Å². The van der Waals surface area contributed by atoms with E-state index in [0.717, 1.165) is 5.69 Å². The fraction of sp³-hybridized carbons (Fsp3) is 0.250. The molecule has 72 valence electrons. The minimum absolute atomic E-state index is 0. The zero-order valence-corrected chi connectivity index (χ0v) is 8.04. The second-order valence-corrected chi connectivity index (χ2v) is 2.50. The maximum absolute atomic E-state index is 10.6. The molecule has 13 heavy (non-hydrogen) atoms. The Kier molecular flexibility index (Phi) is 4.84. The highest BCUT2D eigenvalue weighted by molar-refractivity contribution is 5.85. The average molecular weight is 202 g/mol. The lowest BCUT2D eigenvalue weighted by Crippen LogP contribution is -2.32. The normalized spacial score (nSPS) is 11.2. The van der Waals surface area contributed by atoms with Crippen molar-refractivity contribution < 1.29 is 4.79 Å². The van der Waals surface area contributed by atoms with Gasteiger partial charge in [-0.1, -0.05) is 0 Å². The number of carbonyl (C=O) groups is 1. The second kappa shape index (κ2) is 5.37. The van der Waals surface area contributed by atoms with Crippen molar-refractivity contribution in [1.29, 1.82) is 0 Å². The van der Waals surface area contributed by atoms with E-state index in [0.29, 0.717) is 0 Å². The van der Waals surface area contributed by atoms with Gasteiger partial charge >= 0.3 is 0 Å². The number of aromatic nitrogens is 1. The first kappa shape index (κ1) is 11.7. The predicted octanol–water partition coefficient (Wildman–Crippen LogP) is 0.789. The molecule has 1 aromatic rings. The van der Waals surface area contributed by atoms with Gasteiger partial charge in [-0.15, -0.1) is 12.4 Å². The van der Waals surface area contributed by atoms with Crippen LogP contribution in [-0.4, -0.2) is 16.9 Å². The van der Waals surface area contributed by atoms with Crippen LogP contribution in [0, 0.1) is 0 Å². The molecule has 0 radical (unpaired) electrons. The van der Waals surface area contributed by atoms with Crippen LogP contribution in [0.3, 0.4) is 0 Å². The maximum atomic E-state index is 10.6. The Hall–Kier alpha value is -1.29.